The van der Waals surface area contributed by atoms with E-state index in [4.69, 9.17) is 19.2 Å². The Bertz CT molecular complexity index is 536. The monoisotopic (exact) mass is 320 g/mol. The zero-order chi connectivity index (χ0) is 16.2. The van der Waals surface area contributed by atoms with Crippen molar-refractivity contribution in [1.82, 2.24) is 4.98 Å². The highest BCUT2D eigenvalue weighted by Gasteiger charge is 2.30. The summed E-state index contributed by atoms with van der Waals surface area (Å²) in [6.07, 6.45) is 7.53. The molecule has 2 heterocycles. The minimum atomic E-state index is 0.208. The Morgan fingerprint density at radius 2 is 1.74 bits per heavy atom. The zero-order valence-corrected chi connectivity index (χ0v) is 14.6. The first-order valence-electron chi connectivity index (χ1n) is 8.71. The fourth-order valence-corrected chi connectivity index (χ4v) is 4.03. The summed E-state index contributed by atoms with van der Waals surface area (Å²) in [6.45, 7) is 4.55. The van der Waals surface area contributed by atoms with Gasteiger partial charge in [0.05, 0.1) is 7.11 Å². The molecule has 1 saturated heterocycles. The van der Waals surface area contributed by atoms with Crippen LogP contribution in [-0.2, 0) is 4.74 Å². The Kier molecular flexibility index (Phi) is 5.26. The molecule has 2 aliphatic rings. The predicted octanol–water partition coefficient (Wildman–Crippen LogP) is 3.64. The molecule has 5 heteroatoms. The maximum Gasteiger partial charge on any atom is 0.243 e. The number of nitrogens with zero attached hydrogens (tertiary/aromatic N) is 2. The van der Waals surface area contributed by atoms with Crippen molar-refractivity contribution in [3.63, 3.8) is 0 Å². The van der Waals surface area contributed by atoms with E-state index in [1.807, 2.05) is 0 Å². The van der Waals surface area contributed by atoms with Crippen LogP contribution in [0.15, 0.2) is 0 Å². The van der Waals surface area contributed by atoms with Gasteiger partial charge in [0.25, 0.3) is 0 Å². The highest BCUT2D eigenvalue weighted by molar-refractivity contribution is 5.66. The van der Waals surface area contributed by atoms with Crippen LogP contribution in [0.5, 0.6) is 11.8 Å². The summed E-state index contributed by atoms with van der Waals surface area (Å²) in [4.78, 5) is 7.12. The topological polar surface area (TPSA) is 43.8 Å². The molecule has 0 N–H and O–H groups in total. The number of anilines is 1. The lowest BCUT2D eigenvalue weighted by atomic mass is 9.93. The molecule has 128 valence electrons. The van der Waals surface area contributed by atoms with Gasteiger partial charge < -0.3 is 19.1 Å². The summed E-state index contributed by atoms with van der Waals surface area (Å²) in [6, 6.07) is 0. The molecule has 2 fully saturated rings. The Morgan fingerprint density at radius 3 is 2.35 bits per heavy atom. The summed E-state index contributed by atoms with van der Waals surface area (Å²) in [5.41, 5.74) is 3.70. The van der Waals surface area contributed by atoms with Crippen molar-refractivity contribution in [2.45, 2.75) is 51.4 Å². The van der Waals surface area contributed by atoms with E-state index in [9.17, 15) is 0 Å². The molecule has 1 aliphatic carbocycles. The summed E-state index contributed by atoms with van der Waals surface area (Å²) in [7, 11) is 3.34. The minimum Gasteiger partial charge on any atom is -0.481 e. The van der Waals surface area contributed by atoms with Crippen LogP contribution < -0.4 is 14.4 Å². The summed E-state index contributed by atoms with van der Waals surface area (Å²) < 4.78 is 16.5. The van der Waals surface area contributed by atoms with Crippen LogP contribution in [0, 0.1) is 6.92 Å². The molecule has 0 atom stereocenters. The molecule has 5 nitrogen and oxygen atoms in total. The number of ether oxygens (including phenoxy) is 3. The molecular weight excluding hydrogens is 292 g/mol. The number of rotatable bonds is 6. The van der Waals surface area contributed by atoms with Gasteiger partial charge in [-0.25, -0.2) is 0 Å². The van der Waals surface area contributed by atoms with Crippen molar-refractivity contribution < 1.29 is 14.2 Å². The number of aromatic nitrogens is 1. The van der Waals surface area contributed by atoms with Crippen LogP contribution in [0.4, 0.5) is 5.69 Å². The van der Waals surface area contributed by atoms with Crippen LogP contribution in [0.3, 0.4) is 0 Å². The van der Waals surface area contributed by atoms with Gasteiger partial charge in [-0.2, -0.15) is 4.98 Å². The number of pyridine rings is 1. The quantitative estimate of drug-likeness (QED) is 0.749. The van der Waals surface area contributed by atoms with Gasteiger partial charge in [-0.05, 0) is 44.1 Å². The second kappa shape index (κ2) is 7.39. The molecule has 0 amide bonds. The summed E-state index contributed by atoms with van der Waals surface area (Å²) in [5.74, 6) is 1.93. The molecule has 0 unspecified atom stereocenters. The molecule has 0 radical (unpaired) electrons. The van der Waals surface area contributed by atoms with Gasteiger partial charge in [0, 0.05) is 25.8 Å². The SMILES string of the molecule is COCOc1nc(OC)c(C2CCCC2)c(C)c1N1CCCC1. The normalized spacial score (nSPS) is 18.7. The van der Waals surface area contributed by atoms with Crippen molar-refractivity contribution in [2.24, 2.45) is 0 Å². The molecule has 23 heavy (non-hydrogen) atoms. The van der Waals surface area contributed by atoms with E-state index in [1.54, 1.807) is 14.2 Å². The van der Waals surface area contributed by atoms with Gasteiger partial charge in [0.2, 0.25) is 11.8 Å². The molecule has 1 saturated carbocycles. The Balaban J connectivity index is 2.06. The third kappa shape index (κ3) is 3.25. The van der Waals surface area contributed by atoms with Crippen molar-refractivity contribution in [3.05, 3.63) is 11.1 Å². The van der Waals surface area contributed by atoms with Crippen molar-refractivity contribution in [1.29, 1.82) is 0 Å². The third-order valence-corrected chi connectivity index (χ3v) is 5.09. The van der Waals surface area contributed by atoms with Gasteiger partial charge in [0.1, 0.15) is 5.69 Å². The lowest BCUT2D eigenvalue weighted by Gasteiger charge is -2.27. The Morgan fingerprint density at radius 1 is 1.04 bits per heavy atom. The second-order valence-electron chi connectivity index (χ2n) is 6.54. The predicted molar refractivity (Wildman–Crippen MR) is 90.7 cm³/mol. The molecule has 3 rings (SSSR count). The summed E-state index contributed by atoms with van der Waals surface area (Å²) >= 11 is 0. The van der Waals surface area contributed by atoms with E-state index in [-0.39, 0.29) is 6.79 Å². The maximum atomic E-state index is 5.78. The molecule has 0 spiro atoms. The first-order chi connectivity index (χ1) is 11.3. The Labute approximate surface area is 138 Å². The highest BCUT2D eigenvalue weighted by atomic mass is 16.7. The van der Waals surface area contributed by atoms with Crippen LogP contribution >= 0.6 is 0 Å². The lowest BCUT2D eigenvalue weighted by Crippen LogP contribution is -2.22. The smallest absolute Gasteiger partial charge is 0.243 e. The molecule has 1 aromatic rings. The van der Waals surface area contributed by atoms with Crippen molar-refractivity contribution in [3.8, 4) is 11.8 Å². The van der Waals surface area contributed by atoms with Crippen LogP contribution in [0.1, 0.15) is 55.6 Å². The van der Waals surface area contributed by atoms with Crippen molar-refractivity contribution in [2.75, 3.05) is 39.0 Å². The molecule has 1 aromatic heterocycles. The average Bonchev–Trinajstić information content (AvgIpc) is 3.25. The first-order valence-corrected chi connectivity index (χ1v) is 8.71. The van der Waals surface area contributed by atoms with Crippen LogP contribution in [-0.4, -0.2) is 39.1 Å². The largest absolute Gasteiger partial charge is 0.481 e. The lowest BCUT2D eigenvalue weighted by molar-refractivity contribution is 0.0477. The van der Waals surface area contributed by atoms with E-state index in [1.165, 1.54) is 49.7 Å². The standard InChI is InChI=1S/C18H28N2O3/c1-13-15(14-8-4-5-9-14)17(22-3)19-18(23-12-21-2)16(13)20-10-6-7-11-20/h14H,4-12H2,1-3H3. The molecule has 0 aromatic carbocycles. The number of hydrogen-bond donors (Lipinski definition) is 0. The van der Waals surface area contributed by atoms with Gasteiger partial charge in [-0.3, -0.25) is 0 Å². The number of hydrogen-bond acceptors (Lipinski definition) is 5. The first kappa shape index (κ1) is 16.4. The van der Waals surface area contributed by atoms with E-state index >= 15 is 0 Å². The van der Waals surface area contributed by atoms with E-state index in [0.29, 0.717) is 11.8 Å². The van der Waals surface area contributed by atoms with Crippen molar-refractivity contribution >= 4 is 5.69 Å². The van der Waals surface area contributed by atoms with Gasteiger partial charge in [-0.1, -0.05) is 12.8 Å². The van der Waals surface area contributed by atoms with Gasteiger partial charge in [0.15, 0.2) is 6.79 Å². The van der Waals surface area contributed by atoms with Gasteiger partial charge in [-0.15, -0.1) is 0 Å². The minimum absolute atomic E-state index is 0.208. The van der Waals surface area contributed by atoms with E-state index < -0.39 is 0 Å². The molecule has 0 bridgehead atoms. The van der Waals surface area contributed by atoms with Crippen LogP contribution in [0.25, 0.3) is 0 Å². The van der Waals surface area contributed by atoms with E-state index in [0.717, 1.165) is 24.7 Å². The molecule has 1 aliphatic heterocycles. The second-order valence-corrected chi connectivity index (χ2v) is 6.54. The summed E-state index contributed by atoms with van der Waals surface area (Å²) in [5, 5.41) is 0. The fraction of sp³-hybridized carbons (Fsp3) is 0.722. The maximum absolute atomic E-state index is 5.78. The average molecular weight is 320 g/mol. The highest BCUT2D eigenvalue weighted by Crippen LogP contribution is 2.45. The zero-order valence-electron chi connectivity index (χ0n) is 14.6. The number of methoxy groups -OCH3 is 2. The fourth-order valence-electron chi connectivity index (χ4n) is 4.03. The van der Waals surface area contributed by atoms with Gasteiger partial charge >= 0.3 is 0 Å². The Hall–Kier alpha value is -1.49. The van der Waals surface area contributed by atoms with Crippen LogP contribution in [0.2, 0.25) is 0 Å². The van der Waals surface area contributed by atoms with E-state index in [2.05, 4.69) is 11.8 Å². The molecular formula is C18H28N2O3. The third-order valence-electron chi connectivity index (χ3n) is 5.09.